The van der Waals surface area contributed by atoms with Crippen LogP contribution in [-0.4, -0.2) is 46.2 Å². The van der Waals surface area contributed by atoms with E-state index in [9.17, 15) is 14.0 Å². The van der Waals surface area contributed by atoms with Gasteiger partial charge in [-0.25, -0.2) is 9.37 Å². The van der Waals surface area contributed by atoms with Gasteiger partial charge in [0.05, 0.1) is 10.9 Å². The fourth-order valence-corrected chi connectivity index (χ4v) is 4.57. The van der Waals surface area contributed by atoms with Crippen LogP contribution in [0.5, 0.6) is 0 Å². The summed E-state index contributed by atoms with van der Waals surface area (Å²) in [5, 5.41) is 1.74. The van der Waals surface area contributed by atoms with Gasteiger partial charge in [0.25, 0.3) is 5.91 Å². The van der Waals surface area contributed by atoms with Gasteiger partial charge in [0.15, 0.2) is 0 Å². The number of likely N-dealkylation sites (tertiary alicyclic amines) is 2. The zero-order chi connectivity index (χ0) is 18.1. The minimum atomic E-state index is -0.533. The van der Waals surface area contributed by atoms with Crippen molar-refractivity contribution < 1.29 is 14.0 Å². The highest BCUT2D eigenvalue weighted by molar-refractivity contribution is 7.07. The molecule has 5 nitrogen and oxygen atoms in total. The van der Waals surface area contributed by atoms with E-state index in [0.29, 0.717) is 37.3 Å². The van der Waals surface area contributed by atoms with Crippen LogP contribution in [0.1, 0.15) is 35.3 Å². The van der Waals surface area contributed by atoms with Crippen molar-refractivity contribution in [1.82, 2.24) is 14.8 Å². The summed E-state index contributed by atoms with van der Waals surface area (Å²) in [6.45, 7) is 1.91. The highest BCUT2D eigenvalue weighted by atomic mass is 32.1. The van der Waals surface area contributed by atoms with Crippen molar-refractivity contribution in [3.8, 4) is 0 Å². The second-order valence-corrected chi connectivity index (χ2v) is 7.77. The van der Waals surface area contributed by atoms with Crippen molar-refractivity contribution in [2.24, 2.45) is 5.41 Å². The van der Waals surface area contributed by atoms with Gasteiger partial charge in [-0.05, 0) is 25.3 Å². The Hall–Kier alpha value is -2.28. The first kappa shape index (κ1) is 17.1. The fourth-order valence-electron chi connectivity index (χ4n) is 4.04. The molecule has 2 amide bonds. The number of thiazole rings is 1. The molecule has 2 aliphatic rings. The minimum Gasteiger partial charge on any atom is -0.338 e. The SMILES string of the molecule is O=C(c1cscn1)N1CCC2(CCCN(Cc3ccccc3F)C2=O)C1. The van der Waals surface area contributed by atoms with Crippen LogP contribution in [0.3, 0.4) is 0 Å². The number of piperidine rings is 1. The van der Waals surface area contributed by atoms with Crippen LogP contribution in [0.15, 0.2) is 35.2 Å². The number of benzene rings is 1. The molecular formula is C19H20FN3O2S. The van der Waals surface area contributed by atoms with Gasteiger partial charge >= 0.3 is 0 Å². The molecule has 3 heterocycles. The average Bonchev–Trinajstić information content (AvgIpc) is 3.31. The molecule has 2 aromatic rings. The number of amides is 2. The van der Waals surface area contributed by atoms with E-state index >= 15 is 0 Å². The van der Waals surface area contributed by atoms with E-state index in [4.69, 9.17) is 0 Å². The second kappa shape index (κ2) is 6.79. The van der Waals surface area contributed by atoms with Crippen molar-refractivity contribution in [2.75, 3.05) is 19.6 Å². The Labute approximate surface area is 155 Å². The lowest BCUT2D eigenvalue weighted by molar-refractivity contribution is -0.146. The summed E-state index contributed by atoms with van der Waals surface area (Å²) in [5.41, 5.74) is 2.08. The summed E-state index contributed by atoms with van der Waals surface area (Å²) in [6.07, 6.45) is 2.31. The van der Waals surface area contributed by atoms with Gasteiger partial charge in [-0.2, -0.15) is 0 Å². The van der Waals surface area contributed by atoms with E-state index in [1.54, 1.807) is 38.9 Å². The summed E-state index contributed by atoms with van der Waals surface area (Å²) in [4.78, 5) is 33.3. The Morgan fingerprint density at radius 2 is 2.12 bits per heavy atom. The summed E-state index contributed by atoms with van der Waals surface area (Å²) < 4.78 is 14.0. The molecule has 0 saturated carbocycles. The molecule has 1 unspecified atom stereocenters. The molecule has 0 bridgehead atoms. The van der Waals surface area contributed by atoms with Crippen molar-refractivity contribution in [1.29, 1.82) is 0 Å². The summed E-state index contributed by atoms with van der Waals surface area (Å²) in [5.74, 6) is -0.352. The largest absolute Gasteiger partial charge is 0.338 e. The van der Waals surface area contributed by atoms with Crippen molar-refractivity contribution >= 4 is 23.2 Å². The maximum absolute atomic E-state index is 14.0. The minimum absolute atomic E-state index is 0.0422. The number of carbonyl (C=O) groups excluding carboxylic acids is 2. The number of hydrogen-bond donors (Lipinski definition) is 0. The molecule has 26 heavy (non-hydrogen) atoms. The zero-order valence-corrected chi connectivity index (χ0v) is 15.2. The van der Waals surface area contributed by atoms with Gasteiger partial charge in [0.1, 0.15) is 11.5 Å². The third-order valence-corrected chi connectivity index (χ3v) is 6.02. The molecule has 2 saturated heterocycles. The van der Waals surface area contributed by atoms with Gasteiger partial charge in [0.2, 0.25) is 5.91 Å². The molecule has 136 valence electrons. The van der Waals surface area contributed by atoms with Crippen molar-refractivity contribution in [2.45, 2.75) is 25.8 Å². The molecule has 1 aromatic heterocycles. The Balaban J connectivity index is 1.49. The van der Waals surface area contributed by atoms with Gasteiger partial charge in [0, 0.05) is 37.1 Å². The number of halogens is 1. The van der Waals surface area contributed by atoms with E-state index in [1.807, 2.05) is 0 Å². The topological polar surface area (TPSA) is 53.5 Å². The number of nitrogens with zero attached hydrogens (tertiary/aromatic N) is 3. The highest BCUT2D eigenvalue weighted by Gasteiger charge is 2.49. The van der Waals surface area contributed by atoms with E-state index in [1.165, 1.54) is 17.4 Å². The van der Waals surface area contributed by atoms with E-state index in [2.05, 4.69) is 4.98 Å². The molecule has 2 aliphatic heterocycles. The number of aromatic nitrogens is 1. The number of hydrogen-bond acceptors (Lipinski definition) is 4. The number of rotatable bonds is 3. The first-order chi connectivity index (χ1) is 12.6. The smallest absolute Gasteiger partial charge is 0.273 e. The summed E-state index contributed by atoms with van der Waals surface area (Å²) in [7, 11) is 0. The Bertz CT molecular complexity index is 826. The first-order valence-corrected chi connectivity index (χ1v) is 9.74. The molecular weight excluding hydrogens is 353 g/mol. The van der Waals surface area contributed by atoms with Crippen LogP contribution in [0.2, 0.25) is 0 Å². The van der Waals surface area contributed by atoms with Crippen LogP contribution >= 0.6 is 11.3 Å². The molecule has 1 aromatic carbocycles. The lowest BCUT2D eigenvalue weighted by atomic mass is 9.78. The summed E-state index contributed by atoms with van der Waals surface area (Å²) in [6, 6.07) is 6.57. The maximum Gasteiger partial charge on any atom is 0.273 e. The molecule has 0 radical (unpaired) electrons. The summed E-state index contributed by atoms with van der Waals surface area (Å²) >= 11 is 1.39. The lowest BCUT2D eigenvalue weighted by Gasteiger charge is -2.39. The van der Waals surface area contributed by atoms with Crippen molar-refractivity contribution in [3.63, 3.8) is 0 Å². The van der Waals surface area contributed by atoms with Gasteiger partial charge < -0.3 is 9.80 Å². The molecule has 0 aliphatic carbocycles. The molecule has 7 heteroatoms. The Morgan fingerprint density at radius 3 is 2.88 bits per heavy atom. The normalized spacial score (nSPS) is 23.0. The molecule has 1 atom stereocenters. The van der Waals surface area contributed by atoms with Crippen LogP contribution in [0.4, 0.5) is 4.39 Å². The number of carbonyl (C=O) groups is 2. The lowest BCUT2D eigenvalue weighted by Crippen LogP contribution is -2.50. The Morgan fingerprint density at radius 1 is 1.27 bits per heavy atom. The third-order valence-electron chi connectivity index (χ3n) is 5.44. The standard InChI is InChI=1S/C19H20FN3O2S/c20-15-5-2-1-4-14(15)10-22-8-3-6-19(18(22)25)7-9-23(12-19)17(24)16-11-26-13-21-16/h1-2,4-5,11,13H,3,6-10,12H2. The van der Waals surface area contributed by atoms with Gasteiger partial charge in [-0.15, -0.1) is 11.3 Å². The van der Waals surface area contributed by atoms with Gasteiger partial charge in [-0.3, -0.25) is 9.59 Å². The Kier molecular flexibility index (Phi) is 4.48. The van der Waals surface area contributed by atoms with Crippen LogP contribution < -0.4 is 0 Å². The molecule has 4 rings (SSSR count). The van der Waals surface area contributed by atoms with Crippen molar-refractivity contribution in [3.05, 3.63) is 52.2 Å². The highest BCUT2D eigenvalue weighted by Crippen LogP contribution is 2.41. The predicted octanol–water partition coefficient (Wildman–Crippen LogP) is 2.94. The second-order valence-electron chi connectivity index (χ2n) is 7.05. The van der Waals surface area contributed by atoms with Crippen LogP contribution in [-0.2, 0) is 11.3 Å². The predicted molar refractivity (Wildman–Crippen MR) is 96.1 cm³/mol. The zero-order valence-electron chi connectivity index (χ0n) is 14.4. The molecule has 0 N–H and O–H groups in total. The average molecular weight is 373 g/mol. The molecule has 2 fully saturated rings. The van der Waals surface area contributed by atoms with Crippen LogP contribution in [0.25, 0.3) is 0 Å². The maximum atomic E-state index is 14.0. The van der Waals surface area contributed by atoms with E-state index in [-0.39, 0.29) is 24.2 Å². The van der Waals surface area contributed by atoms with Crippen LogP contribution in [0, 0.1) is 11.2 Å². The monoisotopic (exact) mass is 373 g/mol. The first-order valence-electron chi connectivity index (χ1n) is 8.79. The van der Waals surface area contributed by atoms with Gasteiger partial charge in [-0.1, -0.05) is 18.2 Å². The van der Waals surface area contributed by atoms with E-state index < -0.39 is 5.41 Å². The third kappa shape index (κ3) is 3.00. The van der Waals surface area contributed by atoms with E-state index in [0.717, 1.165) is 12.8 Å². The quantitative estimate of drug-likeness (QED) is 0.831. The molecule has 1 spiro atoms. The fraction of sp³-hybridized carbons (Fsp3) is 0.421.